The highest BCUT2D eigenvalue weighted by atomic mass is 16.6. The molecule has 0 unspecified atom stereocenters. The van der Waals surface area contributed by atoms with E-state index in [0.29, 0.717) is 24.5 Å². The molecule has 102 valence electrons. The lowest BCUT2D eigenvalue weighted by Crippen LogP contribution is -2.29. The topological polar surface area (TPSA) is 97.2 Å². The van der Waals surface area contributed by atoms with Gasteiger partial charge in [-0.2, -0.15) is 0 Å². The molecular formula is C12H16N4O3. The van der Waals surface area contributed by atoms with Gasteiger partial charge in [0.1, 0.15) is 5.82 Å². The van der Waals surface area contributed by atoms with Crippen molar-refractivity contribution in [2.75, 3.05) is 18.4 Å². The monoisotopic (exact) mass is 264 g/mol. The van der Waals surface area contributed by atoms with Crippen LogP contribution >= 0.6 is 0 Å². The average molecular weight is 264 g/mol. The van der Waals surface area contributed by atoms with Gasteiger partial charge in [0.25, 0.3) is 5.69 Å². The van der Waals surface area contributed by atoms with Crippen molar-refractivity contribution in [3.63, 3.8) is 0 Å². The number of nitrogens with one attached hydrogen (secondary N) is 2. The van der Waals surface area contributed by atoms with Crippen LogP contribution in [0.1, 0.15) is 18.4 Å². The van der Waals surface area contributed by atoms with E-state index in [4.69, 9.17) is 0 Å². The van der Waals surface area contributed by atoms with Crippen LogP contribution < -0.4 is 10.6 Å². The van der Waals surface area contributed by atoms with Crippen LogP contribution in [0.3, 0.4) is 0 Å². The Kier molecular flexibility index (Phi) is 3.94. The maximum atomic E-state index is 11.4. The molecule has 1 saturated carbocycles. The Hall–Kier alpha value is -2.18. The standard InChI is InChI=1S/C12H16N4O3/c1-8-7-15-11(6-10(8)16(18)19)13-4-5-14-12(17)9-2-3-9/h6-7,9H,2-5H2,1H3,(H,13,15)(H,14,17). The third-order valence-electron chi connectivity index (χ3n) is 2.95. The SMILES string of the molecule is Cc1cnc(NCCNC(=O)C2CC2)cc1[N+](=O)[O-]. The number of aromatic nitrogens is 1. The Bertz CT molecular complexity index is 500. The molecule has 7 nitrogen and oxygen atoms in total. The fourth-order valence-electron chi connectivity index (χ4n) is 1.67. The van der Waals surface area contributed by atoms with E-state index in [0.717, 1.165) is 12.8 Å². The molecule has 0 aromatic carbocycles. The number of nitro groups is 1. The number of aryl methyl sites for hydroxylation is 1. The Labute approximate surface area is 110 Å². The Balaban J connectivity index is 1.80. The van der Waals surface area contributed by atoms with Gasteiger partial charge in [-0.15, -0.1) is 0 Å². The fraction of sp³-hybridized carbons (Fsp3) is 0.500. The van der Waals surface area contributed by atoms with Gasteiger partial charge < -0.3 is 10.6 Å². The third-order valence-corrected chi connectivity index (χ3v) is 2.95. The summed E-state index contributed by atoms with van der Waals surface area (Å²) >= 11 is 0. The molecule has 0 saturated heterocycles. The highest BCUT2D eigenvalue weighted by Gasteiger charge is 2.28. The molecular weight excluding hydrogens is 248 g/mol. The quantitative estimate of drug-likeness (QED) is 0.457. The first-order valence-electron chi connectivity index (χ1n) is 6.20. The largest absolute Gasteiger partial charge is 0.368 e. The van der Waals surface area contributed by atoms with Crippen LogP contribution in [0.2, 0.25) is 0 Å². The molecule has 1 fully saturated rings. The van der Waals surface area contributed by atoms with Crippen LogP contribution in [0.15, 0.2) is 12.3 Å². The zero-order valence-electron chi connectivity index (χ0n) is 10.7. The maximum Gasteiger partial charge on any atom is 0.277 e. The van der Waals surface area contributed by atoms with E-state index in [1.54, 1.807) is 6.92 Å². The lowest BCUT2D eigenvalue weighted by molar-refractivity contribution is -0.385. The lowest BCUT2D eigenvalue weighted by atomic mass is 10.2. The number of carbonyl (C=O) groups excluding carboxylic acids is 1. The minimum absolute atomic E-state index is 0.0412. The molecule has 1 aliphatic carbocycles. The molecule has 2 N–H and O–H groups in total. The van der Waals surface area contributed by atoms with E-state index in [-0.39, 0.29) is 17.5 Å². The summed E-state index contributed by atoms with van der Waals surface area (Å²) in [5.41, 5.74) is 0.567. The first kappa shape index (κ1) is 13.3. The van der Waals surface area contributed by atoms with Gasteiger partial charge in [0.15, 0.2) is 0 Å². The maximum absolute atomic E-state index is 11.4. The van der Waals surface area contributed by atoms with Crippen molar-refractivity contribution in [1.82, 2.24) is 10.3 Å². The van der Waals surface area contributed by atoms with Crippen LogP contribution in [0.4, 0.5) is 11.5 Å². The molecule has 0 atom stereocenters. The van der Waals surface area contributed by atoms with Crippen LogP contribution in [0.25, 0.3) is 0 Å². The molecule has 0 aliphatic heterocycles. The van der Waals surface area contributed by atoms with Crippen molar-refractivity contribution in [2.24, 2.45) is 5.92 Å². The number of amides is 1. The Morgan fingerprint density at radius 1 is 1.53 bits per heavy atom. The van der Waals surface area contributed by atoms with Crippen molar-refractivity contribution in [1.29, 1.82) is 0 Å². The number of rotatable bonds is 6. The van der Waals surface area contributed by atoms with Gasteiger partial charge in [-0.3, -0.25) is 14.9 Å². The number of hydrogen-bond donors (Lipinski definition) is 2. The van der Waals surface area contributed by atoms with E-state index >= 15 is 0 Å². The molecule has 1 aromatic heterocycles. The first-order chi connectivity index (χ1) is 9.08. The summed E-state index contributed by atoms with van der Waals surface area (Å²) in [6.07, 6.45) is 3.42. The van der Waals surface area contributed by atoms with E-state index in [1.165, 1.54) is 12.3 Å². The number of carbonyl (C=O) groups is 1. The van der Waals surface area contributed by atoms with Gasteiger partial charge in [0.2, 0.25) is 5.91 Å². The van der Waals surface area contributed by atoms with Crippen LogP contribution in [0, 0.1) is 23.0 Å². The summed E-state index contributed by atoms with van der Waals surface area (Å²) in [5, 5.41) is 16.5. The summed E-state index contributed by atoms with van der Waals surface area (Å²) in [6, 6.07) is 1.40. The number of hydrogen-bond acceptors (Lipinski definition) is 5. The van der Waals surface area contributed by atoms with Gasteiger partial charge in [-0.25, -0.2) is 4.98 Å². The molecule has 2 rings (SSSR count). The molecule has 0 bridgehead atoms. The Morgan fingerprint density at radius 3 is 2.89 bits per heavy atom. The molecule has 1 aliphatic rings. The van der Waals surface area contributed by atoms with E-state index in [1.807, 2.05) is 0 Å². The van der Waals surface area contributed by atoms with Gasteiger partial charge in [0.05, 0.1) is 11.0 Å². The number of anilines is 1. The lowest BCUT2D eigenvalue weighted by Gasteiger charge is -2.07. The second-order valence-corrected chi connectivity index (χ2v) is 4.61. The second kappa shape index (κ2) is 5.64. The summed E-state index contributed by atoms with van der Waals surface area (Å²) < 4.78 is 0. The van der Waals surface area contributed by atoms with E-state index in [2.05, 4.69) is 15.6 Å². The Morgan fingerprint density at radius 2 is 2.26 bits per heavy atom. The minimum atomic E-state index is -0.433. The van der Waals surface area contributed by atoms with Crippen molar-refractivity contribution in [3.8, 4) is 0 Å². The van der Waals surface area contributed by atoms with Crippen molar-refractivity contribution in [3.05, 3.63) is 27.9 Å². The first-order valence-corrected chi connectivity index (χ1v) is 6.20. The predicted molar refractivity (Wildman–Crippen MR) is 69.9 cm³/mol. The van der Waals surface area contributed by atoms with Crippen molar-refractivity contribution >= 4 is 17.4 Å². The zero-order chi connectivity index (χ0) is 13.8. The summed E-state index contributed by atoms with van der Waals surface area (Å²) in [4.78, 5) is 25.8. The van der Waals surface area contributed by atoms with Crippen molar-refractivity contribution < 1.29 is 9.72 Å². The normalized spacial score (nSPS) is 13.9. The smallest absolute Gasteiger partial charge is 0.277 e. The van der Waals surface area contributed by atoms with Crippen LogP contribution in [-0.2, 0) is 4.79 Å². The molecule has 19 heavy (non-hydrogen) atoms. The van der Waals surface area contributed by atoms with Crippen LogP contribution in [0.5, 0.6) is 0 Å². The van der Waals surface area contributed by atoms with Gasteiger partial charge in [-0.1, -0.05) is 0 Å². The number of pyridine rings is 1. The zero-order valence-corrected chi connectivity index (χ0v) is 10.7. The molecule has 0 radical (unpaired) electrons. The second-order valence-electron chi connectivity index (χ2n) is 4.61. The molecule has 1 heterocycles. The number of nitrogens with zero attached hydrogens (tertiary/aromatic N) is 2. The molecule has 1 aromatic rings. The van der Waals surface area contributed by atoms with Crippen molar-refractivity contribution in [2.45, 2.75) is 19.8 Å². The van der Waals surface area contributed by atoms with Crippen LogP contribution in [-0.4, -0.2) is 28.9 Å². The van der Waals surface area contributed by atoms with Gasteiger partial charge in [-0.05, 0) is 19.8 Å². The molecule has 7 heteroatoms. The predicted octanol–water partition coefficient (Wildman–Crippen LogP) is 1.24. The fourth-order valence-corrected chi connectivity index (χ4v) is 1.67. The third kappa shape index (κ3) is 3.64. The average Bonchev–Trinajstić information content (AvgIpc) is 3.20. The van der Waals surface area contributed by atoms with E-state index < -0.39 is 4.92 Å². The summed E-state index contributed by atoms with van der Waals surface area (Å²) in [6.45, 7) is 2.62. The summed E-state index contributed by atoms with van der Waals surface area (Å²) in [7, 11) is 0. The molecule has 1 amide bonds. The van der Waals surface area contributed by atoms with Gasteiger partial charge in [0, 0.05) is 30.8 Å². The highest BCUT2D eigenvalue weighted by Crippen LogP contribution is 2.28. The molecule has 0 spiro atoms. The summed E-state index contributed by atoms with van der Waals surface area (Å²) in [5.74, 6) is 0.723. The minimum Gasteiger partial charge on any atom is -0.368 e. The van der Waals surface area contributed by atoms with Gasteiger partial charge >= 0.3 is 0 Å². The van der Waals surface area contributed by atoms with E-state index in [9.17, 15) is 14.9 Å². The highest BCUT2D eigenvalue weighted by molar-refractivity contribution is 5.80.